The molecule has 1 heterocycles. The SMILES string of the molecule is COCOc1cc(F)c(-c2[c-]cc(Cl)c(=O)n2CC(F)F)c(F)c1.[Y]. The predicted molar refractivity (Wildman–Crippen MR) is 78.4 cm³/mol. The van der Waals surface area contributed by atoms with Gasteiger partial charge in [0.15, 0.2) is 6.79 Å². The predicted octanol–water partition coefficient (Wildman–Crippen LogP) is 3.49. The Labute approximate surface area is 170 Å². The third-order valence-corrected chi connectivity index (χ3v) is 3.24. The average Bonchev–Trinajstić information content (AvgIpc) is 2.51. The first-order valence-corrected chi connectivity index (χ1v) is 6.93. The molecule has 1 aromatic heterocycles. The number of pyridine rings is 1. The van der Waals surface area contributed by atoms with Gasteiger partial charge in [-0.15, -0.1) is 0 Å². The van der Waals surface area contributed by atoms with Crippen LogP contribution in [-0.4, -0.2) is 24.9 Å². The number of benzene rings is 1. The fraction of sp³-hybridized carbons (Fsp3) is 0.267. The molecule has 1 radical (unpaired) electrons. The van der Waals surface area contributed by atoms with Crippen molar-refractivity contribution in [3.63, 3.8) is 0 Å². The van der Waals surface area contributed by atoms with Crippen molar-refractivity contribution in [2.24, 2.45) is 0 Å². The average molecular weight is 454 g/mol. The quantitative estimate of drug-likeness (QED) is 0.382. The van der Waals surface area contributed by atoms with E-state index in [9.17, 15) is 22.4 Å². The van der Waals surface area contributed by atoms with Gasteiger partial charge in [0.05, 0.1) is 18.2 Å². The summed E-state index contributed by atoms with van der Waals surface area (Å²) in [7, 11) is 1.33. The van der Waals surface area contributed by atoms with E-state index in [4.69, 9.17) is 16.3 Å². The standard InChI is InChI=1S/C15H11ClF4NO3.Y/c1-23-7-24-8-4-10(17)14(11(18)5-8)12-3-2-9(16)15(22)21(12)6-13(19)20;/h2,4-5,13H,6-7H2,1H3;/q-1;. The zero-order chi connectivity index (χ0) is 17.9. The number of hydrogen-bond donors (Lipinski definition) is 0. The van der Waals surface area contributed by atoms with Gasteiger partial charge in [0.1, 0.15) is 5.75 Å². The summed E-state index contributed by atoms with van der Waals surface area (Å²) < 4.78 is 63.9. The Kier molecular flexibility index (Phi) is 8.54. The van der Waals surface area contributed by atoms with Crippen LogP contribution in [0.25, 0.3) is 11.3 Å². The van der Waals surface area contributed by atoms with Crippen molar-refractivity contribution in [3.05, 3.63) is 51.3 Å². The molecule has 0 bridgehead atoms. The van der Waals surface area contributed by atoms with E-state index in [1.807, 2.05) is 0 Å². The molecule has 0 aliphatic heterocycles. The number of ether oxygens (including phenoxy) is 2. The molecule has 133 valence electrons. The van der Waals surface area contributed by atoms with E-state index in [0.29, 0.717) is 4.57 Å². The topological polar surface area (TPSA) is 40.5 Å². The van der Waals surface area contributed by atoms with Crippen LogP contribution >= 0.6 is 11.6 Å². The summed E-state index contributed by atoms with van der Waals surface area (Å²) in [5, 5.41) is -0.389. The fourth-order valence-corrected chi connectivity index (χ4v) is 2.16. The van der Waals surface area contributed by atoms with Gasteiger partial charge in [-0.3, -0.25) is 4.79 Å². The molecule has 0 N–H and O–H groups in total. The van der Waals surface area contributed by atoms with Gasteiger partial charge in [-0.25, -0.2) is 17.6 Å². The molecule has 4 nitrogen and oxygen atoms in total. The van der Waals surface area contributed by atoms with Crippen LogP contribution in [-0.2, 0) is 44.0 Å². The third-order valence-electron chi connectivity index (χ3n) is 2.97. The number of halogens is 5. The summed E-state index contributed by atoms with van der Waals surface area (Å²) in [6.07, 6.45) is -2.93. The summed E-state index contributed by atoms with van der Waals surface area (Å²) in [5.41, 5.74) is -2.16. The van der Waals surface area contributed by atoms with Crippen LogP contribution in [0.15, 0.2) is 23.0 Å². The van der Waals surface area contributed by atoms with E-state index in [1.165, 1.54) is 7.11 Å². The molecule has 0 atom stereocenters. The third kappa shape index (κ3) is 5.26. The summed E-state index contributed by atoms with van der Waals surface area (Å²) in [6, 6.07) is 5.02. The Morgan fingerprint density at radius 2 is 1.88 bits per heavy atom. The van der Waals surface area contributed by atoms with Crippen molar-refractivity contribution < 1.29 is 59.7 Å². The smallest absolute Gasteiger partial charge is 0.256 e. The zero-order valence-electron chi connectivity index (χ0n) is 12.9. The molecule has 2 aromatic rings. The number of aromatic nitrogens is 1. The second-order valence-corrected chi connectivity index (χ2v) is 5.01. The van der Waals surface area contributed by atoms with E-state index in [-0.39, 0.29) is 50.3 Å². The summed E-state index contributed by atoms with van der Waals surface area (Å²) in [4.78, 5) is 11.9. The molecule has 25 heavy (non-hydrogen) atoms. The maximum atomic E-state index is 14.3. The first kappa shape index (κ1) is 22.1. The number of rotatable bonds is 6. The van der Waals surface area contributed by atoms with Crippen LogP contribution in [0.2, 0.25) is 5.02 Å². The van der Waals surface area contributed by atoms with Crippen LogP contribution in [0.4, 0.5) is 17.6 Å². The van der Waals surface area contributed by atoms with Crippen LogP contribution in [0.1, 0.15) is 0 Å². The fourth-order valence-electron chi connectivity index (χ4n) is 2.01. The van der Waals surface area contributed by atoms with Gasteiger partial charge in [-0.1, -0.05) is 5.69 Å². The van der Waals surface area contributed by atoms with Crippen molar-refractivity contribution in [3.8, 4) is 17.0 Å². The molecule has 10 heteroatoms. The first-order valence-electron chi connectivity index (χ1n) is 6.55. The summed E-state index contributed by atoms with van der Waals surface area (Å²) in [6.45, 7) is -1.31. The van der Waals surface area contributed by atoms with Crippen LogP contribution < -0.4 is 10.3 Å². The summed E-state index contributed by atoms with van der Waals surface area (Å²) in [5.74, 6) is -2.38. The Morgan fingerprint density at radius 3 is 2.40 bits per heavy atom. The van der Waals surface area contributed by atoms with E-state index >= 15 is 0 Å². The second-order valence-electron chi connectivity index (χ2n) is 4.60. The van der Waals surface area contributed by atoms with Crippen molar-refractivity contribution in [1.29, 1.82) is 0 Å². The molecule has 0 aliphatic carbocycles. The molecule has 0 spiro atoms. The van der Waals surface area contributed by atoms with Gasteiger partial charge in [0, 0.05) is 57.0 Å². The Balaban J connectivity index is 0.00000312. The van der Waals surface area contributed by atoms with Crippen LogP contribution in [0.3, 0.4) is 0 Å². The molecule has 2 rings (SSSR count). The largest absolute Gasteiger partial charge is 0.467 e. The minimum Gasteiger partial charge on any atom is -0.467 e. The zero-order valence-corrected chi connectivity index (χ0v) is 16.5. The van der Waals surface area contributed by atoms with Gasteiger partial charge >= 0.3 is 0 Å². The molecule has 0 saturated heterocycles. The minimum atomic E-state index is -2.93. The van der Waals surface area contributed by atoms with E-state index in [2.05, 4.69) is 10.8 Å². The van der Waals surface area contributed by atoms with Gasteiger partial charge in [0.2, 0.25) is 5.56 Å². The van der Waals surface area contributed by atoms with Crippen molar-refractivity contribution >= 4 is 11.6 Å². The number of alkyl halides is 2. The second kappa shape index (κ2) is 9.66. The van der Waals surface area contributed by atoms with Gasteiger partial charge in [-0.2, -0.15) is 23.7 Å². The number of methoxy groups -OCH3 is 1. The molecular weight excluding hydrogens is 443 g/mol. The summed E-state index contributed by atoms with van der Waals surface area (Å²) >= 11 is 5.59. The molecule has 0 aliphatic rings. The Bertz CT molecular complexity index is 778. The molecule has 0 unspecified atom stereocenters. The first-order chi connectivity index (χ1) is 11.3. The van der Waals surface area contributed by atoms with Crippen molar-refractivity contribution in [2.75, 3.05) is 13.9 Å². The number of hydrogen-bond acceptors (Lipinski definition) is 3. The molecular formula is C15H11ClF4NO3Y-. The van der Waals surface area contributed by atoms with Crippen molar-refractivity contribution in [1.82, 2.24) is 4.57 Å². The number of nitrogens with zero attached hydrogens (tertiary/aromatic N) is 1. The minimum absolute atomic E-state index is 0. The van der Waals surface area contributed by atoms with Crippen molar-refractivity contribution in [2.45, 2.75) is 13.0 Å². The van der Waals surface area contributed by atoms with E-state index in [0.717, 1.165) is 18.2 Å². The van der Waals surface area contributed by atoms with Gasteiger partial charge < -0.3 is 14.0 Å². The van der Waals surface area contributed by atoms with E-state index in [1.54, 1.807) is 0 Å². The van der Waals surface area contributed by atoms with Crippen LogP contribution in [0, 0.1) is 17.7 Å². The Morgan fingerprint density at radius 1 is 1.28 bits per heavy atom. The maximum absolute atomic E-state index is 14.3. The normalized spacial score (nSPS) is 10.7. The maximum Gasteiger partial charge on any atom is 0.256 e. The van der Waals surface area contributed by atoms with Crippen LogP contribution in [0.5, 0.6) is 5.75 Å². The molecule has 1 aromatic carbocycles. The van der Waals surface area contributed by atoms with E-state index < -0.39 is 41.4 Å². The molecule has 0 amide bonds. The Hall–Kier alpha value is -0.956. The molecule has 0 fully saturated rings. The van der Waals surface area contributed by atoms with Gasteiger partial charge in [-0.05, 0) is 5.56 Å². The monoisotopic (exact) mass is 453 g/mol. The molecule has 0 saturated carbocycles. The van der Waals surface area contributed by atoms with Gasteiger partial charge in [0.25, 0.3) is 6.43 Å².